The molecule has 0 saturated carbocycles. The number of thiophene rings is 1. The predicted molar refractivity (Wildman–Crippen MR) is 75.3 cm³/mol. The summed E-state index contributed by atoms with van der Waals surface area (Å²) >= 11 is 4.91. The summed E-state index contributed by atoms with van der Waals surface area (Å²) in [5.74, 6) is -0.217. The van der Waals surface area contributed by atoms with Crippen LogP contribution >= 0.6 is 27.3 Å². The quantitative estimate of drug-likeness (QED) is 0.869. The zero-order valence-corrected chi connectivity index (χ0v) is 11.9. The lowest BCUT2D eigenvalue weighted by molar-refractivity contribution is 0.620. The van der Waals surface area contributed by atoms with Gasteiger partial charge >= 0.3 is 0 Å². The van der Waals surface area contributed by atoms with E-state index in [1.54, 1.807) is 17.4 Å². The summed E-state index contributed by atoms with van der Waals surface area (Å²) in [5, 5.41) is 7.55. The van der Waals surface area contributed by atoms with Gasteiger partial charge in [0.05, 0.1) is 4.47 Å². The maximum atomic E-state index is 13.2. The van der Waals surface area contributed by atoms with E-state index in [9.17, 15) is 4.39 Å². The van der Waals surface area contributed by atoms with E-state index in [0.29, 0.717) is 4.47 Å². The molecule has 0 atom stereocenters. The highest BCUT2D eigenvalue weighted by molar-refractivity contribution is 9.10. The monoisotopic (exact) mass is 313 g/mol. The Hall–Kier alpha value is -0.870. The Bertz CT molecular complexity index is 496. The highest BCUT2D eigenvalue weighted by Gasteiger charge is 2.04. The van der Waals surface area contributed by atoms with Gasteiger partial charge in [-0.25, -0.2) is 4.39 Å². The molecule has 4 heteroatoms. The molecule has 0 aliphatic carbocycles. The summed E-state index contributed by atoms with van der Waals surface area (Å²) in [5.41, 5.74) is 3.24. The molecule has 90 valence electrons. The molecule has 0 spiro atoms. The van der Waals surface area contributed by atoms with Crippen molar-refractivity contribution in [3.63, 3.8) is 0 Å². The summed E-state index contributed by atoms with van der Waals surface area (Å²) in [7, 11) is 0. The van der Waals surface area contributed by atoms with Gasteiger partial charge in [0.1, 0.15) is 5.82 Å². The standard InChI is InChI=1S/C13H13BrFNS/c1-9-6-12(15)11(14)7-13(9)16-4-2-10-3-5-17-8-10/h3,5-8,16H,2,4H2,1H3. The molecule has 1 nitrogen and oxygen atoms in total. The molecule has 0 amide bonds. The third-order valence-corrected chi connectivity index (χ3v) is 3.92. The second kappa shape index (κ2) is 5.65. The first kappa shape index (κ1) is 12.6. The molecular weight excluding hydrogens is 301 g/mol. The fourth-order valence-electron chi connectivity index (χ4n) is 1.61. The molecule has 0 bridgehead atoms. The summed E-state index contributed by atoms with van der Waals surface area (Å²) < 4.78 is 13.7. The molecule has 1 heterocycles. The lowest BCUT2D eigenvalue weighted by Crippen LogP contribution is -2.05. The van der Waals surface area contributed by atoms with Gasteiger partial charge < -0.3 is 5.32 Å². The van der Waals surface area contributed by atoms with Crippen LogP contribution in [0, 0.1) is 12.7 Å². The molecule has 0 aliphatic heterocycles. The van der Waals surface area contributed by atoms with Crippen molar-refractivity contribution in [1.29, 1.82) is 0 Å². The van der Waals surface area contributed by atoms with Gasteiger partial charge in [-0.15, -0.1) is 0 Å². The molecule has 1 aromatic heterocycles. The van der Waals surface area contributed by atoms with Crippen molar-refractivity contribution >= 4 is 33.0 Å². The second-order valence-electron chi connectivity index (χ2n) is 3.89. The molecule has 1 N–H and O–H groups in total. The molecular formula is C13H13BrFNS. The molecule has 2 rings (SSSR count). The predicted octanol–water partition coefficient (Wildman–Crippen LogP) is 4.61. The average Bonchev–Trinajstić information content (AvgIpc) is 2.78. The summed E-state index contributed by atoms with van der Waals surface area (Å²) in [6.45, 7) is 2.76. The lowest BCUT2D eigenvalue weighted by Gasteiger charge is -2.10. The Labute approximate surface area is 113 Å². The molecule has 0 aliphatic rings. The van der Waals surface area contributed by atoms with Crippen molar-refractivity contribution in [3.05, 3.63) is 50.4 Å². The Kier molecular flexibility index (Phi) is 4.18. The zero-order chi connectivity index (χ0) is 12.3. The lowest BCUT2D eigenvalue weighted by atomic mass is 10.2. The van der Waals surface area contributed by atoms with Gasteiger partial charge in [-0.2, -0.15) is 11.3 Å². The zero-order valence-electron chi connectivity index (χ0n) is 9.47. The van der Waals surface area contributed by atoms with Crippen LogP contribution < -0.4 is 5.32 Å². The first-order chi connectivity index (χ1) is 8.16. The van der Waals surface area contributed by atoms with Crippen LogP contribution in [0.25, 0.3) is 0 Å². The van der Waals surface area contributed by atoms with Gasteiger partial charge in [-0.1, -0.05) is 0 Å². The largest absolute Gasteiger partial charge is 0.384 e. The van der Waals surface area contributed by atoms with E-state index in [0.717, 1.165) is 24.2 Å². The van der Waals surface area contributed by atoms with Gasteiger partial charge in [0.15, 0.2) is 0 Å². The molecule has 2 aromatic rings. The van der Waals surface area contributed by atoms with E-state index >= 15 is 0 Å². The van der Waals surface area contributed by atoms with Crippen LogP contribution in [0.15, 0.2) is 33.4 Å². The van der Waals surface area contributed by atoms with Crippen LogP contribution in [0.4, 0.5) is 10.1 Å². The minimum atomic E-state index is -0.217. The average molecular weight is 314 g/mol. The molecule has 0 fully saturated rings. The van der Waals surface area contributed by atoms with Crippen molar-refractivity contribution in [3.8, 4) is 0 Å². The van der Waals surface area contributed by atoms with E-state index < -0.39 is 0 Å². The number of halogens is 2. The maximum Gasteiger partial charge on any atom is 0.137 e. The van der Waals surface area contributed by atoms with Crippen molar-refractivity contribution in [2.45, 2.75) is 13.3 Å². The van der Waals surface area contributed by atoms with E-state index in [2.05, 4.69) is 38.1 Å². The molecule has 0 radical (unpaired) electrons. The Morgan fingerprint density at radius 2 is 2.24 bits per heavy atom. The number of nitrogens with one attached hydrogen (secondary N) is 1. The van der Waals surface area contributed by atoms with Crippen molar-refractivity contribution < 1.29 is 4.39 Å². The first-order valence-corrected chi connectivity index (χ1v) is 7.11. The summed E-state index contributed by atoms with van der Waals surface area (Å²) in [6.07, 6.45) is 0.984. The number of aryl methyl sites for hydroxylation is 1. The van der Waals surface area contributed by atoms with E-state index in [4.69, 9.17) is 0 Å². The minimum Gasteiger partial charge on any atom is -0.384 e. The number of benzene rings is 1. The van der Waals surface area contributed by atoms with Gasteiger partial charge in [0.2, 0.25) is 0 Å². The van der Waals surface area contributed by atoms with Gasteiger partial charge in [0, 0.05) is 12.2 Å². The number of anilines is 1. The normalized spacial score (nSPS) is 10.5. The summed E-state index contributed by atoms with van der Waals surface area (Å²) in [6, 6.07) is 5.45. The highest BCUT2D eigenvalue weighted by Crippen LogP contribution is 2.24. The topological polar surface area (TPSA) is 12.0 Å². The third-order valence-electron chi connectivity index (χ3n) is 2.58. The molecule has 17 heavy (non-hydrogen) atoms. The molecule has 1 aromatic carbocycles. The Morgan fingerprint density at radius 3 is 2.94 bits per heavy atom. The smallest absolute Gasteiger partial charge is 0.137 e. The number of rotatable bonds is 4. The van der Waals surface area contributed by atoms with Gasteiger partial charge in [0.25, 0.3) is 0 Å². The van der Waals surface area contributed by atoms with Gasteiger partial charge in [-0.05, 0) is 69.4 Å². The highest BCUT2D eigenvalue weighted by atomic mass is 79.9. The second-order valence-corrected chi connectivity index (χ2v) is 5.52. The van der Waals surface area contributed by atoms with Gasteiger partial charge in [-0.3, -0.25) is 0 Å². The fourth-order valence-corrected chi connectivity index (χ4v) is 2.66. The van der Waals surface area contributed by atoms with E-state index in [-0.39, 0.29) is 5.82 Å². The third kappa shape index (κ3) is 3.30. The number of hydrogen-bond donors (Lipinski definition) is 1. The first-order valence-electron chi connectivity index (χ1n) is 5.37. The van der Waals surface area contributed by atoms with E-state index in [1.165, 1.54) is 11.6 Å². The SMILES string of the molecule is Cc1cc(F)c(Br)cc1NCCc1ccsc1. The fraction of sp³-hybridized carbons (Fsp3) is 0.231. The van der Waals surface area contributed by atoms with Crippen LogP contribution in [0.3, 0.4) is 0 Å². The van der Waals surface area contributed by atoms with Crippen LogP contribution in [-0.2, 0) is 6.42 Å². The van der Waals surface area contributed by atoms with Crippen molar-refractivity contribution in [2.75, 3.05) is 11.9 Å². The number of hydrogen-bond acceptors (Lipinski definition) is 2. The molecule has 0 saturated heterocycles. The van der Waals surface area contributed by atoms with Crippen LogP contribution in [0.2, 0.25) is 0 Å². The minimum absolute atomic E-state index is 0.217. The van der Waals surface area contributed by atoms with Crippen molar-refractivity contribution in [2.24, 2.45) is 0 Å². The van der Waals surface area contributed by atoms with Crippen LogP contribution in [-0.4, -0.2) is 6.54 Å². The molecule has 0 unspecified atom stereocenters. The summed E-state index contributed by atoms with van der Waals surface area (Å²) in [4.78, 5) is 0. The van der Waals surface area contributed by atoms with E-state index in [1.807, 2.05) is 6.92 Å². The van der Waals surface area contributed by atoms with Crippen LogP contribution in [0.1, 0.15) is 11.1 Å². The Balaban J connectivity index is 1.97. The Morgan fingerprint density at radius 1 is 1.41 bits per heavy atom. The maximum absolute atomic E-state index is 13.2. The van der Waals surface area contributed by atoms with Crippen molar-refractivity contribution in [1.82, 2.24) is 0 Å². The van der Waals surface area contributed by atoms with Crippen LogP contribution in [0.5, 0.6) is 0 Å².